The van der Waals surface area contributed by atoms with Gasteiger partial charge in [0.2, 0.25) is 0 Å². The molecule has 170 valence electrons. The molecule has 31 heavy (non-hydrogen) atoms. The minimum atomic E-state index is -0.522. The fraction of sp³-hybridized carbons (Fsp3) is 0.381. The summed E-state index contributed by atoms with van der Waals surface area (Å²) in [4.78, 5) is 27.7. The van der Waals surface area contributed by atoms with Crippen molar-refractivity contribution in [3.8, 4) is 0 Å². The van der Waals surface area contributed by atoms with E-state index in [1.807, 2.05) is 45.0 Å². The van der Waals surface area contributed by atoms with Gasteiger partial charge in [0, 0.05) is 32.4 Å². The van der Waals surface area contributed by atoms with Crippen LogP contribution in [-0.4, -0.2) is 43.7 Å². The zero-order valence-corrected chi connectivity index (χ0v) is 20.5. The van der Waals surface area contributed by atoms with Crippen molar-refractivity contribution >= 4 is 47.6 Å². The molecule has 0 saturated heterocycles. The van der Waals surface area contributed by atoms with Crippen LogP contribution in [0.25, 0.3) is 0 Å². The van der Waals surface area contributed by atoms with Crippen LogP contribution < -0.4 is 21.3 Å². The molecule has 0 unspecified atom stereocenters. The van der Waals surface area contributed by atoms with Gasteiger partial charge < -0.3 is 30.4 Å². The number of aliphatic imine (C=N–C) groups is 1. The molecule has 1 aromatic carbocycles. The fourth-order valence-electron chi connectivity index (χ4n) is 2.37. The molecule has 1 aromatic heterocycles. The number of alkyl carbamates (subject to hydrolysis) is 1. The first-order chi connectivity index (χ1) is 14.3. The number of carbonyl (C=O) groups is 2. The van der Waals surface area contributed by atoms with Gasteiger partial charge in [0.1, 0.15) is 5.60 Å². The first kappa shape index (κ1) is 26.3. The first-order valence-corrected chi connectivity index (χ1v) is 9.62. The van der Waals surface area contributed by atoms with Crippen molar-refractivity contribution in [2.45, 2.75) is 32.9 Å². The number of hydrogen-bond donors (Lipinski definition) is 4. The highest BCUT2D eigenvalue weighted by molar-refractivity contribution is 14.0. The van der Waals surface area contributed by atoms with Gasteiger partial charge >= 0.3 is 6.09 Å². The summed E-state index contributed by atoms with van der Waals surface area (Å²) >= 11 is 0. The Balaban J connectivity index is 0.00000480. The quantitative estimate of drug-likeness (QED) is 0.184. The SMILES string of the molecule is CN=C(NCCNC(=O)OC(C)(C)C)NCc1ccc(NC(=O)c2ccco2)cc1.I. The van der Waals surface area contributed by atoms with E-state index in [4.69, 9.17) is 9.15 Å². The van der Waals surface area contributed by atoms with Crippen LogP contribution in [0.3, 0.4) is 0 Å². The van der Waals surface area contributed by atoms with E-state index in [2.05, 4.69) is 26.3 Å². The lowest BCUT2D eigenvalue weighted by Crippen LogP contribution is -2.42. The summed E-state index contributed by atoms with van der Waals surface area (Å²) in [6, 6.07) is 10.7. The number of nitrogens with zero attached hydrogens (tertiary/aromatic N) is 1. The van der Waals surface area contributed by atoms with E-state index >= 15 is 0 Å². The molecule has 0 bridgehead atoms. The van der Waals surface area contributed by atoms with Crippen LogP contribution >= 0.6 is 24.0 Å². The second kappa shape index (κ2) is 12.8. The normalized spacial score (nSPS) is 11.2. The molecule has 0 spiro atoms. The van der Waals surface area contributed by atoms with Crippen molar-refractivity contribution in [1.29, 1.82) is 0 Å². The zero-order chi connectivity index (χ0) is 22.0. The van der Waals surface area contributed by atoms with Crippen LogP contribution in [0.5, 0.6) is 0 Å². The van der Waals surface area contributed by atoms with Gasteiger partial charge in [0.15, 0.2) is 11.7 Å². The smallest absolute Gasteiger partial charge is 0.407 e. The van der Waals surface area contributed by atoms with Crippen molar-refractivity contribution in [3.63, 3.8) is 0 Å². The third-order valence-corrected chi connectivity index (χ3v) is 3.73. The van der Waals surface area contributed by atoms with Crippen LogP contribution in [0.15, 0.2) is 52.1 Å². The zero-order valence-electron chi connectivity index (χ0n) is 18.2. The molecule has 4 N–H and O–H groups in total. The maximum Gasteiger partial charge on any atom is 0.407 e. The highest BCUT2D eigenvalue weighted by Crippen LogP contribution is 2.11. The van der Waals surface area contributed by atoms with Crippen molar-refractivity contribution in [3.05, 3.63) is 54.0 Å². The Morgan fingerprint density at radius 2 is 1.71 bits per heavy atom. The summed E-state index contributed by atoms with van der Waals surface area (Å²) in [5, 5.41) is 11.7. The maximum atomic E-state index is 12.0. The number of hydrogen-bond acceptors (Lipinski definition) is 5. The highest BCUT2D eigenvalue weighted by Gasteiger charge is 2.15. The van der Waals surface area contributed by atoms with E-state index in [1.165, 1.54) is 6.26 Å². The molecule has 10 heteroatoms. The number of anilines is 1. The number of carbonyl (C=O) groups excluding carboxylic acids is 2. The number of benzene rings is 1. The van der Waals surface area contributed by atoms with Gasteiger partial charge in [-0.3, -0.25) is 9.79 Å². The summed E-state index contributed by atoms with van der Waals surface area (Å²) < 4.78 is 10.2. The Kier molecular flexibility index (Phi) is 10.9. The fourth-order valence-corrected chi connectivity index (χ4v) is 2.37. The van der Waals surface area contributed by atoms with E-state index in [0.29, 0.717) is 31.3 Å². The molecule has 0 radical (unpaired) electrons. The predicted molar refractivity (Wildman–Crippen MR) is 131 cm³/mol. The second-order valence-corrected chi connectivity index (χ2v) is 7.41. The van der Waals surface area contributed by atoms with E-state index in [-0.39, 0.29) is 35.6 Å². The number of amides is 2. The summed E-state index contributed by atoms with van der Waals surface area (Å²) in [5.41, 5.74) is 1.17. The lowest BCUT2D eigenvalue weighted by Gasteiger charge is -2.20. The van der Waals surface area contributed by atoms with Gasteiger partial charge in [0.05, 0.1) is 6.26 Å². The van der Waals surface area contributed by atoms with Crippen LogP contribution in [0.4, 0.5) is 10.5 Å². The van der Waals surface area contributed by atoms with E-state index in [1.54, 1.807) is 19.2 Å². The standard InChI is InChI=1S/C21H29N5O4.HI/c1-21(2,3)30-20(28)24-12-11-23-19(22-4)25-14-15-7-9-16(10-8-15)26-18(27)17-6-5-13-29-17;/h5-10,13H,11-12,14H2,1-4H3,(H,24,28)(H,26,27)(H2,22,23,25);1H. The molecular weight excluding hydrogens is 513 g/mol. The lowest BCUT2D eigenvalue weighted by atomic mass is 10.2. The van der Waals surface area contributed by atoms with Crippen molar-refractivity contribution in [1.82, 2.24) is 16.0 Å². The number of halogens is 1. The number of guanidine groups is 1. The third-order valence-electron chi connectivity index (χ3n) is 3.73. The van der Waals surface area contributed by atoms with Gasteiger partial charge in [-0.1, -0.05) is 12.1 Å². The highest BCUT2D eigenvalue weighted by atomic mass is 127. The minimum Gasteiger partial charge on any atom is -0.459 e. The molecule has 0 aliphatic heterocycles. The van der Waals surface area contributed by atoms with E-state index in [0.717, 1.165) is 5.56 Å². The molecule has 0 atom stereocenters. The summed E-state index contributed by atoms with van der Waals surface area (Å²) in [5.74, 6) is 0.573. The number of rotatable bonds is 7. The first-order valence-electron chi connectivity index (χ1n) is 9.62. The monoisotopic (exact) mass is 543 g/mol. The molecule has 0 aliphatic rings. The Bertz CT molecular complexity index is 846. The molecule has 2 rings (SSSR count). The molecule has 0 saturated carbocycles. The van der Waals surface area contributed by atoms with Crippen molar-refractivity contribution in [2.24, 2.45) is 4.99 Å². The molecule has 2 aromatic rings. The molecule has 0 fully saturated rings. The van der Waals surface area contributed by atoms with Gasteiger partial charge in [-0.05, 0) is 50.6 Å². The van der Waals surface area contributed by atoms with Crippen LogP contribution in [0.1, 0.15) is 36.9 Å². The summed E-state index contributed by atoms with van der Waals surface area (Å²) in [7, 11) is 1.67. The summed E-state index contributed by atoms with van der Waals surface area (Å²) in [6.07, 6.45) is 1.00. The largest absolute Gasteiger partial charge is 0.459 e. The van der Waals surface area contributed by atoms with Gasteiger partial charge in [-0.15, -0.1) is 24.0 Å². The topological polar surface area (TPSA) is 117 Å². The second-order valence-electron chi connectivity index (χ2n) is 7.41. The van der Waals surface area contributed by atoms with Crippen molar-refractivity contribution in [2.75, 3.05) is 25.5 Å². The minimum absolute atomic E-state index is 0. The van der Waals surface area contributed by atoms with Crippen molar-refractivity contribution < 1.29 is 18.7 Å². The van der Waals surface area contributed by atoms with E-state index in [9.17, 15) is 9.59 Å². The predicted octanol–water partition coefficient (Wildman–Crippen LogP) is 3.34. The molecule has 9 nitrogen and oxygen atoms in total. The van der Waals surface area contributed by atoms with Gasteiger partial charge in [-0.2, -0.15) is 0 Å². The summed E-state index contributed by atoms with van der Waals surface area (Å²) in [6.45, 7) is 6.89. The maximum absolute atomic E-state index is 12.0. The van der Waals surface area contributed by atoms with Crippen LogP contribution in [-0.2, 0) is 11.3 Å². The Hall–Kier alpha value is -2.76. The number of ether oxygens (including phenoxy) is 1. The average molecular weight is 543 g/mol. The Labute approximate surface area is 199 Å². The number of nitrogens with one attached hydrogen (secondary N) is 4. The number of furan rings is 1. The van der Waals surface area contributed by atoms with Crippen LogP contribution in [0, 0.1) is 0 Å². The molecule has 2 amide bonds. The average Bonchev–Trinajstić information content (AvgIpc) is 3.22. The van der Waals surface area contributed by atoms with Gasteiger partial charge in [0.25, 0.3) is 5.91 Å². The van der Waals surface area contributed by atoms with Crippen LogP contribution in [0.2, 0.25) is 0 Å². The Morgan fingerprint density at radius 3 is 2.29 bits per heavy atom. The van der Waals surface area contributed by atoms with E-state index < -0.39 is 11.7 Å². The van der Waals surface area contributed by atoms with Gasteiger partial charge in [-0.25, -0.2) is 4.79 Å². The molecule has 0 aliphatic carbocycles. The lowest BCUT2D eigenvalue weighted by molar-refractivity contribution is 0.0528. The molecule has 1 heterocycles. The molecular formula is C21H30IN5O4. The third kappa shape index (κ3) is 10.2. The Morgan fingerprint density at radius 1 is 1.03 bits per heavy atom.